The van der Waals surface area contributed by atoms with Gasteiger partial charge in [0, 0.05) is 11.4 Å². The first-order chi connectivity index (χ1) is 8.88. The molecule has 0 saturated carbocycles. The van der Waals surface area contributed by atoms with Crippen LogP contribution in [0.4, 0.5) is 0 Å². The maximum absolute atomic E-state index is 12.0. The number of hydrogen-bond donors (Lipinski definition) is 2. The number of thiophene rings is 2. The van der Waals surface area contributed by atoms with Crippen molar-refractivity contribution in [1.29, 1.82) is 0 Å². The van der Waals surface area contributed by atoms with Crippen molar-refractivity contribution in [3.05, 3.63) is 38.4 Å². The highest BCUT2D eigenvalue weighted by atomic mass is 35.5. The van der Waals surface area contributed by atoms with Gasteiger partial charge in [0.05, 0.1) is 9.21 Å². The first-order valence-electron chi connectivity index (χ1n) is 5.02. The van der Waals surface area contributed by atoms with Crippen LogP contribution in [0, 0.1) is 0 Å². The van der Waals surface area contributed by atoms with Crippen LogP contribution in [0.25, 0.3) is 0 Å². The summed E-state index contributed by atoms with van der Waals surface area (Å²) in [5.74, 6) is 0. The van der Waals surface area contributed by atoms with E-state index in [9.17, 15) is 8.42 Å². The van der Waals surface area contributed by atoms with Gasteiger partial charge in [-0.3, -0.25) is 0 Å². The van der Waals surface area contributed by atoms with Gasteiger partial charge in [0.2, 0.25) is 10.0 Å². The van der Waals surface area contributed by atoms with Crippen LogP contribution in [0.3, 0.4) is 0 Å². The lowest BCUT2D eigenvalue weighted by molar-refractivity contribution is 0.584. The number of nitrogens with one attached hydrogen (secondary N) is 1. The van der Waals surface area contributed by atoms with E-state index in [1.807, 2.05) is 0 Å². The van der Waals surface area contributed by atoms with Gasteiger partial charge >= 0.3 is 0 Å². The Morgan fingerprint density at radius 3 is 2.58 bits per heavy atom. The monoisotopic (exact) mass is 352 g/mol. The topological polar surface area (TPSA) is 72.2 Å². The molecule has 0 amide bonds. The number of halogens is 1. The van der Waals surface area contributed by atoms with Crippen LogP contribution >= 0.6 is 46.5 Å². The van der Waals surface area contributed by atoms with Crippen LogP contribution < -0.4 is 10.5 Å². The highest BCUT2D eigenvalue weighted by molar-refractivity contribution is 7.91. The third-order valence-corrected chi connectivity index (χ3v) is 6.75. The van der Waals surface area contributed by atoms with E-state index >= 15 is 0 Å². The van der Waals surface area contributed by atoms with Crippen molar-refractivity contribution in [2.75, 3.05) is 0 Å². The zero-order chi connectivity index (χ0) is 14.0. The van der Waals surface area contributed by atoms with Crippen LogP contribution in [0.2, 0.25) is 4.34 Å². The molecule has 102 valence electrons. The van der Waals surface area contributed by atoms with Crippen molar-refractivity contribution in [3.8, 4) is 0 Å². The first kappa shape index (κ1) is 14.9. The molecule has 2 aromatic heterocycles. The van der Waals surface area contributed by atoms with Crippen molar-refractivity contribution in [3.63, 3.8) is 0 Å². The summed E-state index contributed by atoms with van der Waals surface area (Å²) in [4.78, 5) is 1.62. The van der Waals surface area contributed by atoms with Crippen molar-refractivity contribution < 1.29 is 8.42 Å². The maximum atomic E-state index is 12.0. The second-order valence-electron chi connectivity index (χ2n) is 3.51. The van der Waals surface area contributed by atoms with E-state index < -0.39 is 10.0 Å². The molecule has 2 aromatic rings. The fourth-order valence-electron chi connectivity index (χ4n) is 1.28. The maximum Gasteiger partial charge on any atom is 0.250 e. The summed E-state index contributed by atoms with van der Waals surface area (Å²) in [6.45, 7) is 0.208. The highest BCUT2D eigenvalue weighted by Gasteiger charge is 2.17. The largest absolute Gasteiger partial charge is 0.389 e. The predicted molar refractivity (Wildman–Crippen MR) is 83.6 cm³/mol. The Morgan fingerprint density at radius 2 is 2.05 bits per heavy atom. The van der Waals surface area contributed by atoms with Gasteiger partial charge < -0.3 is 5.73 Å². The SMILES string of the molecule is NC(=S)c1ccc(S(=O)(=O)NCc2ccc(Cl)s2)s1. The van der Waals surface area contributed by atoms with Crippen LogP contribution in [0.5, 0.6) is 0 Å². The third-order valence-electron chi connectivity index (χ3n) is 2.15. The number of rotatable bonds is 5. The van der Waals surface area contributed by atoms with Crippen LogP contribution in [-0.2, 0) is 16.6 Å². The Morgan fingerprint density at radius 1 is 1.32 bits per heavy atom. The number of thiocarbonyl (C=S) groups is 1. The van der Waals surface area contributed by atoms with Crippen molar-refractivity contribution in [2.45, 2.75) is 10.8 Å². The molecule has 4 nitrogen and oxygen atoms in total. The first-order valence-corrected chi connectivity index (χ1v) is 8.92. The standard InChI is InChI=1S/C10H9ClN2O2S4/c11-8-3-1-6(17-8)5-13-19(14,15)9-4-2-7(18-9)10(12)16/h1-4,13H,5H2,(H2,12,16). The Labute approximate surface area is 129 Å². The van der Waals surface area contributed by atoms with Gasteiger partial charge in [-0.25, -0.2) is 13.1 Å². The lowest BCUT2D eigenvalue weighted by Gasteiger charge is -2.02. The number of sulfonamides is 1. The number of nitrogens with two attached hydrogens (primary N) is 1. The molecule has 0 aliphatic heterocycles. The minimum Gasteiger partial charge on any atom is -0.389 e. The average molecular weight is 353 g/mol. The number of hydrogen-bond acceptors (Lipinski definition) is 5. The average Bonchev–Trinajstić information content (AvgIpc) is 2.95. The molecule has 0 saturated heterocycles. The van der Waals surface area contributed by atoms with Crippen molar-refractivity contribution >= 4 is 61.5 Å². The highest BCUT2D eigenvalue weighted by Crippen LogP contribution is 2.24. The van der Waals surface area contributed by atoms with Gasteiger partial charge in [0.15, 0.2) is 0 Å². The Balaban J connectivity index is 2.11. The van der Waals surface area contributed by atoms with Gasteiger partial charge in [-0.1, -0.05) is 23.8 Å². The van der Waals surface area contributed by atoms with Gasteiger partial charge in [0.1, 0.15) is 9.20 Å². The van der Waals surface area contributed by atoms with Crippen molar-refractivity contribution in [1.82, 2.24) is 4.72 Å². The summed E-state index contributed by atoms with van der Waals surface area (Å²) in [7, 11) is -3.54. The van der Waals surface area contributed by atoms with Crippen molar-refractivity contribution in [2.24, 2.45) is 5.73 Å². The molecule has 0 fully saturated rings. The molecule has 0 aromatic carbocycles. The van der Waals surface area contributed by atoms with Crippen LogP contribution in [0.15, 0.2) is 28.5 Å². The van der Waals surface area contributed by atoms with Gasteiger partial charge in [0.25, 0.3) is 0 Å². The van der Waals surface area contributed by atoms with E-state index in [1.165, 1.54) is 17.4 Å². The molecule has 3 N–H and O–H groups in total. The Hall–Kier alpha value is -0.510. The Bertz CT molecular complexity index is 705. The summed E-state index contributed by atoms with van der Waals surface area (Å²) in [6.07, 6.45) is 0. The smallest absolute Gasteiger partial charge is 0.250 e. The zero-order valence-electron chi connectivity index (χ0n) is 9.42. The molecular formula is C10H9ClN2O2S4. The quantitative estimate of drug-likeness (QED) is 0.811. The molecule has 0 atom stereocenters. The van der Waals surface area contributed by atoms with E-state index in [-0.39, 0.29) is 15.7 Å². The fraction of sp³-hybridized carbons (Fsp3) is 0.100. The van der Waals surface area contributed by atoms with E-state index in [1.54, 1.807) is 18.2 Å². The fourth-order valence-corrected chi connectivity index (χ4v) is 4.80. The summed E-state index contributed by atoms with van der Waals surface area (Å²) in [6, 6.07) is 6.60. The molecule has 19 heavy (non-hydrogen) atoms. The molecule has 9 heteroatoms. The molecule has 0 aliphatic carbocycles. The molecule has 0 aliphatic rings. The molecule has 2 rings (SSSR count). The molecule has 0 bridgehead atoms. The molecule has 2 heterocycles. The predicted octanol–water partition coefficient (Wildman–Crippen LogP) is 2.58. The minimum atomic E-state index is -3.54. The van der Waals surface area contributed by atoms with E-state index in [4.69, 9.17) is 29.6 Å². The zero-order valence-corrected chi connectivity index (χ0v) is 13.4. The lowest BCUT2D eigenvalue weighted by atomic mass is 10.5. The molecular weight excluding hydrogens is 344 g/mol. The van der Waals surface area contributed by atoms with Crippen LogP contribution in [0.1, 0.15) is 9.75 Å². The van der Waals surface area contributed by atoms with Crippen LogP contribution in [-0.4, -0.2) is 13.4 Å². The molecule has 0 radical (unpaired) electrons. The van der Waals surface area contributed by atoms with Gasteiger partial charge in [-0.05, 0) is 24.3 Å². The summed E-state index contributed by atoms with van der Waals surface area (Å²) in [5.41, 5.74) is 5.45. The Kier molecular flexibility index (Phi) is 4.59. The molecule has 0 unspecified atom stereocenters. The second kappa shape index (κ2) is 5.86. The normalized spacial score (nSPS) is 11.6. The van der Waals surface area contributed by atoms with Gasteiger partial charge in [-0.2, -0.15) is 0 Å². The minimum absolute atomic E-state index is 0.191. The third kappa shape index (κ3) is 3.74. The van der Waals surface area contributed by atoms with E-state index in [0.29, 0.717) is 9.21 Å². The second-order valence-corrected chi connectivity index (χ2v) is 8.83. The summed E-state index contributed by atoms with van der Waals surface area (Å²) >= 11 is 13.0. The van der Waals surface area contributed by atoms with Gasteiger partial charge in [-0.15, -0.1) is 22.7 Å². The van der Waals surface area contributed by atoms with E-state index in [2.05, 4.69) is 4.72 Å². The van der Waals surface area contributed by atoms with E-state index in [0.717, 1.165) is 16.2 Å². The lowest BCUT2D eigenvalue weighted by Crippen LogP contribution is -2.21. The summed E-state index contributed by atoms with van der Waals surface area (Å²) < 4.78 is 27.4. The summed E-state index contributed by atoms with van der Waals surface area (Å²) in [5, 5.41) is 0. The molecule has 0 spiro atoms.